The number of nitrogens with zero attached hydrogens (tertiary/aromatic N) is 1. The lowest BCUT2D eigenvalue weighted by molar-refractivity contribution is 0.0955. The summed E-state index contributed by atoms with van der Waals surface area (Å²) >= 11 is 5.92. The number of rotatable bonds is 4. The van der Waals surface area contributed by atoms with Crippen LogP contribution in [0.5, 0.6) is 0 Å². The fourth-order valence-corrected chi connectivity index (χ4v) is 2.12. The molecule has 0 aliphatic rings. The largest absolute Gasteiger partial charge is 0.441 e. The highest BCUT2D eigenvalue weighted by Crippen LogP contribution is 2.16. The predicted molar refractivity (Wildman–Crippen MR) is 79.8 cm³/mol. The van der Waals surface area contributed by atoms with Crippen molar-refractivity contribution in [3.05, 3.63) is 52.2 Å². The van der Waals surface area contributed by atoms with Gasteiger partial charge >= 0.3 is 10.1 Å². The summed E-state index contributed by atoms with van der Waals surface area (Å²) in [7, 11) is -4.41. The van der Waals surface area contributed by atoms with Gasteiger partial charge in [-0.05, 0) is 36.8 Å². The molecule has 1 aromatic carbocycles. The lowest BCUT2D eigenvalue weighted by Gasteiger charge is -2.02. The molecular weight excluding hydrogens is 332 g/mol. The summed E-state index contributed by atoms with van der Waals surface area (Å²) in [5, 5.41) is 3.48. The molecule has 1 heterocycles. The Hall–Kier alpha value is -2.16. The lowest BCUT2D eigenvalue weighted by atomic mass is 10.1. The van der Waals surface area contributed by atoms with Crippen LogP contribution >= 0.6 is 11.6 Å². The summed E-state index contributed by atoms with van der Waals surface area (Å²) in [4.78, 5) is 11.8. The summed E-state index contributed by atoms with van der Waals surface area (Å²) in [6.07, 6.45) is 1.10. The second-order valence-corrected chi connectivity index (χ2v) is 6.05. The van der Waals surface area contributed by atoms with Gasteiger partial charge in [0.15, 0.2) is 0 Å². The van der Waals surface area contributed by atoms with Crippen LogP contribution in [-0.4, -0.2) is 25.1 Å². The monoisotopic (exact) mass is 342 g/mol. The van der Waals surface area contributed by atoms with Gasteiger partial charge in [0.1, 0.15) is 5.76 Å². The molecule has 9 heteroatoms. The molecule has 0 atom stereocenters. The fraction of sp³-hybridized carbons (Fsp3) is 0.0769. The smallest absolute Gasteiger partial charge is 0.328 e. The number of amides is 1. The van der Waals surface area contributed by atoms with Gasteiger partial charge in [-0.25, -0.2) is 5.43 Å². The van der Waals surface area contributed by atoms with Gasteiger partial charge in [-0.3, -0.25) is 9.35 Å². The first-order chi connectivity index (χ1) is 10.3. The molecule has 0 bridgehead atoms. The summed E-state index contributed by atoms with van der Waals surface area (Å²) < 4.78 is 35.2. The fourth-order valence-electron chi connectivity index (χ4n) is 1.50. The average Bonchev–Trinajstić information content (AvgIpc) is 2.90. The quantitative estimate of drug-likeness (QED) is 0.503. The van der Waals surface area contributed by atoms with E-state index in [4.69, 9.17) is 20.6 Å². The van der Waals surface area contributed by atoms with Crippen LogP contribution in [-0.2, 0) is 10.1 Å². The zero-order chi connectivity index (χ0) is 16.3. The van der Waals surface area contributed by atoms with Crippen molar-refractivity contribution in [2.24, 2.45) is 5.10 Å². The highest BCUT2D eigenvalue weighted by atomic mass is 35.5. The number of hydrazone groups is 1. The number of furan rings is 1. The van der Waals surface area contributed by atoms with Gasteiger partial charge in [0.25, 0.3) is 5.91 Å². The van der Waals surface area contributed by atoms with E-state index >= 15 is 0 Å². The molecule has 0 saturated carbocycles. The highest BCUT2D eigenvalue weighted by molar-refractivity contribution is 7.85. The molecule has 0 saturated heterocycles. The zero-order valence-corrected chi connectivity index (χ0v) is 12.9. The molecule has 0 aliphatic carbocycles. The number of carbonyl (C=O) groups excluding carboxylic acids is 1. The number of aryl methyl sites for hydroxylation is 1. The van der Waals surface area contributed by atoms with Crippen molar-refractivity contribution < 1.29 is 22.2 Å². The van der Waals surface area contributed by atoms with Crippen LogP contribution in [0.2, 0.25) is 5.02 Å². The first-order valence-corrected chi connectivity index (χ1v) is 7.76. The standard InChI is InChI=1S/C13H11ClN2O5S/c1-8-2-3-9(6-11(8)14)13(17)16-15-7-10-4-5-12(21-10)22(18,19)20/h2-7H,1H3,(H,16,17)(H,18,19,20)/b15-7+. The zero-order valence-electron chi connectivity index (χ0n) is 11.3. The molecule has 2 N–H and O–H groups in total. The Morgan fingerprint density at radius 2 is 2.09 bits per heavy atom. The van der Waals surface area contributed by atoms with E-state index in [1.54, 1.807) is 12.1 Å². The van der Waals surface area contributed by atoms with Gasteiger partial charge in [-0.2, -0.15) is 13.5 Å². The maximum Gasteiger partial charge on any atom is 0.328 e. The van der Waals surface area contributed by atoms with Crippen molar-refractivity contribution in [3.8, 4) is 0 Å². The van der Waals surface area contributed by atoms with E-state index in [0.29, 0.717) is 10.6 Å². The number of hydrogen-bond donors (Lipinski definition) is 2. The summed E-state index contributed by atoms with van der Waals surface area (Å²) in [5.41, 5.74) is 3.41. The maximum atomic E-state index is 11.8. The Labute approximate surface area is 131 Å². The number of carbonyl (C=O) groups is 1. The molecule has 7 nitrogen and oxygen atoms in total. The van der Waals surface area contributed by atoms with Crippen LogP contribution in [0.15, 0.2) is 44.9 Å². The van der Waals surface area contributed by atoms with E-state index < -0.39 is 21.1 Å². The minimum atomic E-state index is -4.41. The number of benzene rings is 1. The molecule has 22 heavy (non-hydrogen) atoms. The minimum Gasteiger partial charge on any atom is -0.441 e. The van der Waals surface area contributed by atoms with E-state index in [-0.39, 0.29) is 5.76 Å². The third kappa shape index (κ3) is 3.94. The van der Waals surface area contributed by atoms with Crippen molar-refractivity contribution in [1.29, 1.82) is 0 Å². The summed E-state index contributed by atoms with van der Waals surface area (Å²) in [6, 6.07) is 7.14. The van der Waals surface area contributed by atoms with E-state index in [1.165, 1.54) is 12.1 Å². The second-order valence-electron chi connectivity index (χ2n) is 4.29. The average molecular weight is 343 g/mol. The SMILES string of the molecule is Cc1ccc(C(=O)N/N=C/c2ccc(S(=O)(=O)O)o2)cc1Cl. The molecule has 1 amide bonds. The van der Waals surface area contributed by atoms with Gasteiger partial charge in [0, 0.05) is 10.6 Å². The second kappa shape index (κ2) is 6.30. The van der Waals surface area contributed by atoms with Crippen molar-refractivity contribution in [1.82, 2.24) is 5.43 Å². The minimum absolute atomic E-state index is 0.0508. The van der Waals surface area contributed by atoms with Crippen LogP contribution in [0.25, 0.3) is 0 Å². The summed E-state index contributed by atoms with van der Waals surface area (Å²) in [6.45, 7) is 1.81. The number of hydrogen-bond acceptors (Lipinski definition) is 5. The van der Waals surface area contributed by atoms with Gasteiger partial charge < -0.3 is 4.42 Å². The van der Waals surface area contributed by atoms with Crippen LogP contribution in [0.1, 0.15) is 21.7 Å². The van der Waals surface area contributed by atoms with E-state index in [9.17, 15) is 13.2 Å². The van der Waals surface area contributed by atoms with E-state index in [0.717, 1.165) is 17.8 Å². The maximum absolute atomic E-state index is 11.8. The van der Waals surface area contributed by atoms with Gasteiger partial charge in [0.05, 0.1) is 6.21 Å². The molecule has 0 radical (unpaired) electrons. The Balaban J connectivity index is 2.04. The molecule has 0 unspecified atom stereocenters. The lowest BCUT2D eigenvalue weighted by Crippen LogP contribution is -2.17. The number of nitrogens with one attached hydrogen (secondary N) is 1. The molecule has 2 rings (SSSR count). The normalized spacial score (nSPS) is 11.8. The summed E-state index contributed by atoms with van der Waals surface area (Å²) in [5.74, 6) is -0.436. The molecule has 0 spiro atoms. The third-order valence-corrected chi connectivity index (χ3v) is 3.78. The van der Waals surface area contributed by atoms with Crippen molar-refractivity contribution in [2.45, 2.75) is 12.0 Å². The molecular formula is C13H11ClN2O5S. The first kappa shape index (κ1) is 16.2. The van der Waals surface area contributed by atoms with Gasteiger partial charge in [-0.15, -0.1) is 0 Å². The van der Waals surface area contributed by atoms with Crippen molar-refractivity contribution in [3.63, 3.8) is 0 Å². The van der Waals surface area contributed by atoms with E-state index in [2.05, 4.69) is 10.5 Å². The first-order valence-electron chi connectivity index (χ1n) is 5.94. The van der Waals surface area contributed by atoms with Crippen LogP contribution in [0.3, 0.4) is 0 Å². The van der Waals surface area contributed by atoms with Crippen molar-refractivity contribution >= 4 is 33.8 Å². The predicted octanol–water partition coefficient (Wildman–Crippen LogP) is 2.25. The van der Waals surface area contributed by atoms with Gasteiger partial charge in [-0.1, -0.05) is 17.7 Å². The molecule has 116 valence electrons. The van der Waals surface area contributed by atoms with Crippen LogP contribution in [0.4, 0.5) is 0 Å². The highest BCUT2D eigenvalue weighted by Gasteiger charge is 2.14. The number of halogens is 1. The molecule has 1 aromatic heterocycles. The van der Waals surface area contributed by atoms with Gasteiger partial charge in [0.2, 0.25) is 5.09 Å². The van der Waals surface area contributed by atoms with Crippen LogP contribution in [0, 0.1) is 6.92 Å². The Bertz CT molecular complexity index is 842. The topological polar surface area (TPSA) is 109 Å². The Morgan fingerprint density at radius 1 is 1.36 bits per heavy atom. The molecule has 2 aromatic rings. The Kier molecular flexibility index (Phi) is 4.65. The molecule has 0 aliphatic heterocycles. The Morgan fingerprint density at radius 3 is 2.68 bits per heavy atom. The van der Waals surface area contributed by atoms with E-state index in [1.807, 2.05) is 6.92 Å². The van der Waals surface area contributed by atoms with Crippen LogP contribution < -0.4 is 5.43 Å². The van der Waals surface area contributed by atoms with Crippen molar-refractivity contribution in [2.75, 3.05) is 0 Å². The molecule has 0 fully saturated rings. The third-order valence-electron chi connectivity index (χ3n) is 2.65.